The van der Waals surface area contributed by atoms with E-state index in [2.05, 4.69) is 37.6 Å². The van der Waals surface area contributed by atoms with Crippen molar-refractivity contribution in [2.75, 3.05) is 11.4 Å². The van der Waals surface area contributed by atoms with Crippen molar-refractivity contribution < 1.29 is 9.90 Å². The molecule has 0 unspecified atom stereocenters. The Morgan fingerprint density at radius 2 is 1.93 bits per heavy atom. The maximum atomic E-state index is 11.0. The number of hydrogen-bond acceptors (Lipinski definition) is 6. The topological polar surface area (TPSA) is 69.2 Å². The molecule has 2 heterocycles. The standard InChI is InChI=1S/C21H27N3O2S/c1-20(2)9-10-21(3,4)17-16(20)23-19(27-17)24(12-13-5-6-13)15-8-7-14(11-22-15)18(25)26/h7-8,11,13H,5-6,9-10,12H2,1-4H3,(H,25,26)/p-1. The van der Waals surface area contributed by atoms with Crippen molar-refractivity contribution in [2.45, 2.75) is 64.2 Å². The monoisotopic (exact) mass is 384 g/mol. The molecule has 27 heavy (non-hydrogen) atoms. The number of thiazole rings is 1. The molecule has 0 saturated heterocycles. The van der Waals surface area contributed by atoms with Crippen molar-refractivity contribution in [3.63, 3.8) is 0 Å². The minimum absolute atomic E-state index is 0.0805. The zero-order valence-corrected chi connectivity index (χ0v) is 17.2. The van der Waals surface area contributed by atoms with Crippen LogP contribution in [0.25, 0.3) is 0 Å². The maximum Gasteiger partial charge on any atom is 0.191 e. The summed E-state index contributed by atoms with van der Waals surface area (Å²) in [5.41, 5.74) is 1.53. The first-order valence-electron chi connectivity index (χ1n) is 9.64. The first-order chi connectivity index (χ1) is 12.7. The van der Waals surface area contributed by atoms with Gasteiger partial charge in [0.15, 0.2) is 5.13 Å². The van der Waals surface area contributed by atoms with Crippen LogP contribution in [0.3, 0.4) is 0 Å². The van der Waals surface area contributed by atoms with E-state index in [9.17, 15) is 9.90 Å². The lowest BCUT2D eigenvalue weighted by Gasteiger charge is -2.37. The number of anilines is 2. The van der Waals surface area contributed by atoms with E-state index in [1.807, 2.05) is 0 Å². The zero-order valence-electron chi connectivity index (χ0n) is 16.4. The summed E-state index contributed by atoms with van der Waals surface area (Å²) in [6, 6.07) is 3.34. The summed E-state index contributed by atoms with van der Waals surface area (Å²) in [5, 5.41) is 12.0. The van der Waals surface area contributed by atoms with Crippen LogP contribution >= 0.6 is 11.3 Å². The normalized spacial score (nSPS) is 20.1. The van der Waals surface area contributed by atoms with Gasteiger partial charge in [-0.15, -0.1) is 11.3 Å². The van der Waals surface area contributed by atoms with Gasteiger partial charge in [-0.2, -0.15) is 0 Å². The van der Waals surface area contributed by atoms with Gasteiger partial charge in [0, 0.05) is 34.0 Å². The van der Waals surface area contributed by atoms with E-state index in [-0.39, 0.29) is 16.4 Å². The average molecular weight is 385 g/mol. The molecular formula is C21H26N3O2S-. The summed E-state index contributed by atoms with van der Waals surface area (Å²) in [5.74, 6) is 0.221. The van der Waals surface area contributed by atoms with Gasteiger partial charge in [0.2, 0.25) is 0 Å². The second kappa shape index (κ2) is 6.30. The summed E-state index contributed by atoms with van der Waals surface area (Å²) in [6.45, 7) is 10.1. The van der Waals surface area contributed by atoms with Crippen LogP contribution in [-0.4, -0.2) is 22.5 Å². The van der Waals surface area contributed by atoms with Gasteiger partial charge in [-0.1, -0.05) is 27.7 Å². The van der Waals surface area contributed by atoms with Crippen LogP contribution in [0, 0.1) is 5.92 Å². The molecule has 6 heteroatoms. The lowest BCUT2D eigenvalue weighted by atomic mass is 9.69. The molecule has 0 atom stereocenters. The van der Waals surface area contributed by atoms with E-state index in [0.29, 0.717) is 5.92 Å². The fourth-order valence-electron chi connectivity index (χ4n) is 3.69. The number of carbonyl (C=O) groups is 1. The Morgan fingerprint density at radius 3 is 2.48 bits per heavy atom. The van der Waals surface area contributed by atoms with Crippen LogP contribution in [-0.2, 0) is 10.8 Å². The van der Waals surface area contributed by atoms with Gasteiger partial charge < -0.3 is 14.8 Å². The fourth-order valence-corrected chi connectivity index (χ4v) is 5.09. The number of carbonyl (C=O) groups excluding carboxylic acids is 1. The molecule has 0 radical (unpaired) electrons. The lowest BCUT2D eigenvalue weighted by molar-refractivity contribution is -0.255. The fraction of sp³-hybridized carbons (Fsp3) is 0.571. The van der Waals surface area contributed by atoms with Crippen molar-refractivity contribution in [3.05, 3.63) is 34.5 Å². The third kappa shape index (κ3) is 3.47. The number of aromatic nitrogens is 2. The predicted octanol–water partition coefficient (Wildman–Crippen LogP) is 3.80. The third-order valence-electron chi connectivity index (χ3n) is 5.88. The molecule has 2 aromatic rings. The maximum absolute atomic E-state index is 11.0. The van der Waals surface area contributed by atoms with Crippen LogP contribution in [0.5, 0.6) is 0 Å². The van der Waals surface area contributed by atoms with Crippen molar-refractivity contribution in [1.82, 2.24) is 9.97 Å². The van der Waals surface area contributed by atoms with Crippen LogP contribution in [0.4, 0.5) is 10.9 Å². The molecule has 0 aromatic carbocycles. The van der Waals surface area contributed by atoms with Crippen molar-refractivity contribution >= 4 is 28.3 Å². The van der Waals surface area contributed by atoms with Crippen LogP contribution in [0.2, 0.25) is 0 Å². The molecule has 0 bridgehead atoms. The van der Waals surface area contributed by atoms with Gasteiger partial charge in [0.25, 0.3) is 0 Å². The number of aromatic carboxylic acids is 1. The summed E-state index contributed by atoms with van der Waals surface area (Å²) in [7, 11) is 0. The second-order valence-corrected chi connectivity index (χ2v) is 10.2. The van der Waals surface area contributed by atoms with E-state index in [1.54, 1.807) is 23.5 Å². The predicted molar refractivity (Wildman–Crippen MR) is 106 cm³/mol. The number of nitrogens with zero attached hydrogens (tertiary/aromatic N) is 3. The number of carboxylic acids is 1. The number of carboxylic acid groups (broad SMARTS) is 1. The van der Waals surface area contributed by atoms with Gasteiger partial charge in [0.05, 0.1) is 11.7 Å². The minimum atomic E-state index is -1.20. The molecule has 2 aliphatic rings. The second-order valence-electron chi connectivity index (χ2n) is 9.19. The van der Waals surface area contributed by atoms with Gasteiger partial charge >= 0.3 is 0 Å². The molecule has 0 amide bonds. The van der Waals surface area contributed by atoms with Crippen molar-refractivity contribution in [1.29, 1.82) is 0 Å². The van der Waals surface area contributed by atoms with Crippen LogP contribution < -0.4 is 10.0 Å². The largest absolute Gasteiger partial charge is 0.545 e. The number of rotatable bonds is 5. The third-order valence-corrected chi connectivity index (χ3v) is 7.32. The quantitative estimate of drug-likeness (QED) is 0.784. The Morgan fingerprint density at radius 1 is 1.22 bits per heavy atom. The summed E-state index contributed by atoms with van der Waals surface area (Å²) in [4.78, 5) is 24.1. The van der Waals surface area contributed by atoms with E-state index in [1.165, 1.54) is 29.6 Å². The Labute approximate surface area is 164 Å². The number of hydrogen-bond donors (Lipinski definition) is 0. The summed E-state index contributed by atoms with van der Waals surface area (Å²) in [6.07, 6.45) is 6.14. The van der Waals surface area contributed by atoms with E-state index in [0.717, 1.165) is 30.3 Å². The first-order valence-corrected chi connectivity index (χ1v) is 10.5. The van der Waals surface area contributed by atoms with Gasteiger partial charge in [0.1, 0.15) is 5.82 Å². The Kier molecular flexibility index (Phi) is 4.29. The highest BCUT2D eigenvalue weighted by Crippen LogP contribution is 2.50. The molecule has 2 aliphatic carbocycles. The molecule has 0 aliphatic heterocycles. The molecule has 1 saturated carbocycles. The first kappa shape index (κ1) is 18.4. The highest BCUT2D eigenvalue weighted by atomic mass is 32.1. The van der Waals surface area contributed by atoms with E-state index < -0.39 is 5.97 Å². The highest BCUT2D eigenvalue weighted by molar-refractivity contribution is 7.16. The smallest absolute Gasteiger partial charge is 0.191 e. The highest BCUT2D eigenvalue weighted by Gasteiger charge is 2.41. The molecule has 4 rings (SSSR count). The van der Waals surface area contributed by atoms with Gasteiger partial charge in [-0.3, -0.25) is 0 Å². The van der Waals surface area contributed by atoms with E-state index >= 15 is 0 Å². The molecule has 0 N–H and O–H groups in total. The average Bonchev–Trinajstić information content (AvgIpc) is 3.31. The molecule has 0 spiro atoms. The van der Waals surface area contributed by atoms with Gasteiger partial charge in [-0.25, -0.2) is 9.97 Å². The number of fused-ring (bicyclic) bond motifs is 1. The van der Waals surface area contributed by atoms with Crippen molar-refractivity contribution in [2.24, 2.45) is 5.92 Å². The molecule has 144 valence electrons. The summed E-state index contributed by atoms with van der Waals surface area (Å²) >= 11 is 1.77. The molecule has 2 aromatic heterocycles. The van der Waals surface area contributed by atoms with E-state index in [4.69, 9.17) is 4.98 Å². The summed E-state index contributed by atoms with van der Waals surface area (Å²) < 4.78 is 0. The van der Waals surface area contributed by atoms with Crippen LogP contribution in [0.1, 0.15) is 74.3 Å². The zero-order chi connectivity index (χ0) is 19.4. The van der Waals surface area contributed by atoms with Crippen molar-refractivity contribution in [3.8, 4) is 0 Å². The molecule has 5 nitrogen and oxygen atoms in total. The Hall–Kier alpha value is -1.95. The number of pyridine rings is 1. The molecule has 1 fully saturated rings. The SMILES string of the molecule is CC1(C)CCC(C)(C)c2sc(N(CC3CC3)c3ccc(C(=O)[O-])cn3)nc21. The lowest BCUT2D eigenvalue weighted by Crippen LogP contribution is -2.32. The van der Waals surface area contributed by atoms with Crippen LogP contribution in [0.15, 0.2) is 18.3 Å². The Bertz CT molecular complexity index is 833. The molecular weight excluding hydrogens is 358 g/mol. The minimum Gasteiger partial charge on any atom is -0.545 e. The Balaban J connectivity index is 1.75. The van der Waals surface area contributed by atoms with Gasteiger partial charge in [-0.05, 0) is 43.7 Å².